The molecule has 0 aliphatic rings. The van der Waals surface area contributed by atoms with Gasteiger partial charge in [0.1, 0.15) is 11.5 Å². The standard InChI is InChI=1S/C24H22ClF2N5O2S/c1-13(20-6-7-21(35-20)15-11-17(26)16(25)10-14(15)12-29-2)31-24(34)18(28)5-8-22(33)32-19-4-3-9-30-23(19)27/h3-11,13,28-29H,12H2,1-2H3,(H,31,34)(H,32,33)/b8-5-,28-18?/t13-/m1/s1. The van der Waals surface area contributed by atoms with Crippen molar-refractivity contribution in [2.75, 3.05) is 12.4 Å². The number of pyridine rings is 1. The average molecular weight is 518 g/mol. The Labute approximate surface area is 209 Å². The Kier molecular flexibility index (Phi) is 8.80. The van der Waals surface area contributed by atoms with Gasteiger partial charge < -0.3 is 16.0 Å². The second-order valence-corrected chi connectivity index (χ2v) is 8.95. The van der Waals surface area contributed by atoms with E-state index in [-0.39, 0.29) is 10.7 Å². The van der Waals surface area contributed by atoms with Gasteiger partial charge in [0.15, 0.2) is 0 Å². The number of nitrogens with one attached hydrogen (secondary N) is 4. The van der Waals surface area contributed by atoms with E-state index in [1.807, 2.05) is 12.1 Å². The summed E-state index contributed by atoms with van der Waals surface area (Å²) in [7, 11) is 1.78. The van der Waals surface area contributed by atoms with Crippen LogP contribution in [0.4, 0.5) is 14.5 Å². The lowest BCUT2D eigenvalue weighted by Crippen LogP contribution is -2.31. The molecule has 2 amide bonds. The van der Waals surface area contributed by atoms with Gasteiger partial charge in [-0.15, -0.1) is 11.3 Å². The van der Waals surface area contributed by atoms with E-state index in [2.05, 4.69) is 20.9 Å². The van der Waals surface area contributed by atoms with Gasteiger partial charge in [-0.3, -0.25) is 15.0 Å². The molecule has 1 aromatic carbocycles. The maximum Gasteiger partial charge on any atom is 0.269 e. The lowest BCUT2D eigenvalue weighted by molar-refractivity contribution is -0.115. The van der Waals surface area contributed by atoms with Crippen LogP contribution in [0.1, 0.15) is 23.4 Å². The van der Waals surface area contributed by atoms with Gasteiger partial charge in [-0.05, 0) is 67.6 Å². The fraction of sp³-hybridized carbons (Fsp3) is 0.167. The maximum absolute atomic E-state index is 14.1. The van der Waals surface area contributed by atoms with Crippen molar-refractivity contribution in [2.45, 2.75) is 19.5 Å². The highest BCUT2D eigenvalue weighted by atomic mass is 35.5. The highest BCUT2D eigenvalue weighted by Gasteiger charge is 2.17. The fourth-order valence-electron chi connectivity index (χ4n) is 3.12. The van der Waals surface area contributed by atoms with Crippen molar-refractivity contribution in [1.82, 2.24) is 15.6 Å². The molecule has 0 radical (unpaired) electrons. The summed E-state index contributed by atoms with van der Waals surface area (Å²) in [5.74, 6) is -2.77. The van der Waals surface area contributed by atoms with E-state index in [1.165, 1.54) is 35.7 Å². The molecule has 3 rings (SSSR count). The summed E-state index contributed by atoms with van der Waals surface area (Å²) < 4.78 is 27.6. The minimum atomic E-state index is -0.842. The molecule has 2 aromatic heterocycles. The van der Waals surface area contributed by atoms with Gasteiger partial charge in [0.2, 0.25) is 11.9 Å². The molecule has 0 saturated heterocycles. The van der Waals surface area contributed by atoms with E-state index in [1.54, 1.807) is 20.0 Å². The van der Waals surface area contributed by atoms with Gasteiger partial charge >= 0.3 is 0 Å². The zero-order valence-corrected chi connectivity index (χ0v) is 20.4. The van der Waals surface area contributed by atoms with Crippen LogP contribution in [-0.4, -0.2) is 29.6 Å². The molecule has 7 nitrogen and oxygen atoms in total. The average Bonchev–Trinajstić information content (AvgIpc) is 3.31. The quantitative estimate of drug-likeness (QED) is 0.185. The van der Waals surface area contributed by atoms with E-state index in [4.69, 9.17) is 17.0 Å². The molecule has 0 aliphatic heterocycles. The predicted octanol–water partition coefficient (Wildman–Crippen LogP) is 4.85. The molecule has 2 heterocycles. The summed E-state index contributed by atoms with van der Waals surface area (Å²) in [6, 6.07) is 8.96. The zero-order valence-electron chi connectivity index (χ0n) is 18.8. The SMILES string of the molecule is CNCc1cc(Cl)c(F)cc1-c1ccc([C@@H](C)NC(=O)C(=N)/C=C\C(=O)Nc2cccnc2F)s1. The Morgan fingerprint density at radius 3 is 2.71 bits per heavy atom. The second kappa shape index (κ2) is 11.8. The van der Waals surface area contributed by atoms with Crippen LogP contribution in [0, 0.1) is 17.2 Å². The number of thiophene rings is 1. The van der Waals surface area contributed by atoms with Gasteiger partial charge in [-0.25, -0.2) is 9.37 Å². The molecule has 11 heteroatoms. The first kappa shape index (κ1) is 26.1. The number of amides is 2. The molecule has 0 saturated carbocycles. The minimum Gasteiger partial charge on any atom is -0.343 e. The Balaban J connectivity index is 1.64. The van der Waals surface area contributed by atoms with Crippen molar-refractivity contribution in [2.24, 2.45) is 0 Å². The second-order valence-electron chi connectivity index (χ2n) is 7.43. The third-order valence-electron chi connectivity index (χ3n) is 4.84. The lowest BCUT2D eigenvalue weighted by Gasteiger charge is -2.12. The van der Waals surface area contributed by atoms with Gasteiger partial charge in [0.25, 0.3) is 5.91 Å². The van der Waals surface area contributed by atoms with Gasteiger partial charge in [-0.2, -0.15) is 4.39 Å². The van der Waals surface area contributed by atoms with Crippen molar-refractivity contribution in [3.8, 4) is 10.4 Å². The molecule has 3 aromatic rings. The summed E-state index contributed by atoms with van der Waals surface area (Å²) in [5.41, 5.74) is 0.966. The van der Waals surface area contributed by atoms with E-state index in [9.17, 15) is 18.4 Å². The molecule has 35 heavy (non-hydrogen) atoms. The first-order valence-corrected chi connectivity index (χ1v) is 11.6. The highest BCUT2D eigenvalue weighted by molar-refractivity contribution is 7.15. The summed E-state index contributed by atoms with van der Waals surface area (Å²) in [6.45, 7) is 2.25. The number of benzene rings is 1. The molecule has 0 unspecified atom stereocenters. The summed E-state index contributed by atoms with van der Waals surface area (Å²) in [4.78, 5) is 29.3. The van der Waals surface area contributed by atoms with Crippen molar-refractivity contribution in [1.29, 1.82) is 5.41 Å². The van der Waals surface area contributed by atoms with Crippen LogP contribution in [0.2, 0.25) is 5.02 Å². The van der Waals surface area contributed by atoms with Crippen LogP contribution in [0.25, 0.3) is 10.4 Å². The van der Waals surface area contributed by atoms with Crippen molar-refractivity contribution in [3.05, 3.63) is 82.0 Å². The Morgan fingerprint density at radius 1 is 1.23 bits per heavy atom. The normalized spacial score (nSPS) is 11.9. The Bertz CT molecular complexity index is 1290. The molecule has 182 valence electrons. The Morgan fingerprint density at radius 2 is 2.00 bits per heavy atom. The number of halogens is 3. The number of hydrogen-bond acceptors (Lipinski definition) is 6. The minimum absolute atomic E-state index is 0.0437. The number of aromatic nitrogens is 1. The lowest BCUT2D eigenvalue weighted by atomic mass is 10.1. The van der Waals surface area contributed by atoms with Crippen LogP contribution in [0.3, 0.4) is 0 Å². The number of carbonyl (C=O) groups excluding carboxylic acids is 2. The monoisotopic (exact) mass is 517 g/mol. The van der Waals surface area contributed by atoms with Crippen LogP contribution >= 0.6 is 22.9 Å². The number of rotatable bonds is 9. The molecular weight excluding hydrogens is 496 g/mol. The maximum atomic E-state index is 14.1. The summed E-state index contributed by atoms with van der Waals surface area (Å²) in [5, 5.41) is 15.9. The first-order valence-electron chi connectivity index (χ1n) is 10.4. The van der Waals surface area contributed by atoms with Crippen molar-refractivity contribution >= 4 is 46.2 Å². The third-order valence-corrected chi connectivity index (χ3v) is 6.43. The van der Waals surface area contributed by atoms with Gasteiger partial charge in [-0.1, -0.05) is 11.6 Å². The number of nitrogens with zero attached hydrogens (tertiary/aromatic N) is 1. The van der Waals surface area contributed by atoms with E-state index >= 15 is 0 Å². The van der Waals surface area contributed by atoms with Crippen LogP contribution in [0.15, 0.2) is 54.7 Å². The smallest absolute Gasteiger partial charge is 0.269 e. The van der Waals surface area contributed by atoms with Gasteiger partial charge in [0.05, 0.1) is 16.8 Å². The topological polar surface area (TPSA) is 107 Å². The van der Waals surface area contributed by atoms with E-state index < -0.39 is 35.3 Å². The van der Waals surface area contributed by atoms with Crippen molar-refractivity contribution in [3.63, 3.8) is 0 Å². The predicted molar refractivity (Wildman–Crippen MR) is 134 cm³/mol. The Hall–Kier alpha value is -3.47. The first-order chi connectivity index (χ1) is 16.7. The van der Waals surface area contributed by atoms with E-state index in [0.717, 1.165) is 27.5 Å². The highest BCUT2D eigenvalue weighted by Crippen LogP contribution is 2.35. The number of anilines is 1. The largest absolute Gasteiger partial charge is 0.343 e. The van der Waals surface area contributed by atoms with Crippen LogP contribution in [0.5, 0.6) is 0 Å². The molecule has 0 aliphatic carbocycles. The molecule has 1 atom stereocenters. The summed E-state index contributed by atoms with van der Waals surface area (Å²) >= 11 is 7.30. The molecule has 4 N–H and O–H groups in total. The van der Waals surface area contributed by atoms with E-state index in [0.29, 0.717) is 12.1 Å². The zero-order chi connectivity index (χ0) is 25.5. The molecule has 0 spiro atoms. The summed E-state index contributed by atoms with van der Waals surface area (Å²) in [6.07, 6.45) is 3.22. The van der Waals surface area contributed by atoms with Crippen LogP contribution in [-0.2, 0) is 16.1 Å². The molecular formula is C24H22ClF2N5O2S. The van der Waals surface area contributed by atoms with Gasteiger partial charge in [0, 0.05) is 28.6 Å². The number of hydrogen-bond donors (Lipinski definition) is 4. The molecule has 0 bridgehead atoms. The molecule has 0 fully saturated rings. The third kappa shape index (κ3) is 6.78. The number of carbonyl (C=O) groups is 2. The fourth-order valence-corrected chi connectivity index (χ4v) is 4.37. The van der Waals surface area contributed by atoms with Crippen molar-refractivity contribution < 1.29 is 18.4 Å². The van der Waals surface area contributed by atoms with Crippen LogP contribution < -0.4 is 16.0 Å².